The third-order valence-electron chi connectivity index (χ3n) is 4.04. The first-order valence-electron chi connectivity index (χ1n) is 6.88. The van der Waals surface area contributed by atoms with Gasteiger partial charge in [0.25, 0.3) is 5.56 Å². The second-order valence-electron chi connectivity index (χ2n) is 5.49. The molecule has 3 heterocycles. The number of rotatable bonds is 2. The molecule has 25 heavy (non-hydrogen) atoms. The SMILES string of the molecule is C#C[C@]1(CO)O[C@@H](n2cnc3c(=O)[nH]c(N)nc32)[C@@H](C(F)(F)F)[C@@H]1O. The van der Waals surface area contributed by atoms with Crippen LogP contribution in [0.2, 0.25) is 0 Å². The third-order valence-corrected chi connectivity index (χ3v) is 4.04. The predicted octanol–water partition coefficient (Wildman–Crippen LogP) is -0.866. The van der Waals surface area contributed by atoms with Crippen molar-refractivity contribution in [3.8, 4) is 12.3 Å². The Hall–Kier alpha value is -2.62. The molecule has 3 rings (SSSR count). The first kappa shape index (κ1) is 17.2. The Bertz CT molecular complexity index is 917. The van der Waals surface area contributed by atoms with Crippen molar-refractivity contribution in [3.05, 3.63) is 16.7 Å². The number of nitrogen functional groups attached to an aromatic ring is 1. The minimum atomic E-state index is -4.93. The van der Waals surface area contributed by atoms with Gasteiger partial charge in [0, 0.05) is 0 Å². The maximum atomic E-state index is 13.5. The summed E-state index contributed by atoms with van der Waals surface area (Å²) in [6.07, 6.45) is -3.01. The number of imidazole rings is 1. The molecule has 12 heteroatoms. The molecule has 0 unspecified atom stereocenters. The number of anilines is 1. The molecular formula is C13H12F3N5O4. The summed E-state index contributed by atoms with van der Waals surface area (Å²) in [6.45, 7) is -1.05. The van der Waals surface area contributed by atoms with Crippen molar-refractivity contribution in [3.63, 3.8) is 0 Å². The van der Waals surface area contributed by atoms with Gasteiger partial charge in [-0.15, -0.1) is 6.42 Å². The second-order valence-corrected chi connectivity index (χ2v) is 5.49. The summed E-state index contributed by atoms with van der Waals surface area (Å²) in [7, 11) is 0. The van der Waals surface area contributed by atoms with Crippen molar-refractivity contribution in [1.82, 2.24) is 19.5 Å². The fourth-order valence-corrected chi connectivity index (χ4v) is 2.80. The fourth-order valence-electron chi connectivity index (χ4n) is 2.80. The van der Waals surface area contributed by atoms with Crippen molar-refractivity contribution in [2.75, 3.05) is 12.3 Å². The number of nitrogens with one attached hydrogen (secondary N) is 1. The first-order chi connectivity index (χ1) is 11.6. The van der Waals surface area contributed by atoms with Crippen molar-refractivity contribution >= 4 is 17.1 Å². The molecule has 1 saturated heterocycles. The van der Waals surface area contributed by atoms with Crippen LogP contribution in [0.1, 0.15) is 6.23 Å². The van der Waals surface area contributed by atoms with Gasteiger partial charge in [-0.05, 0) is 0 Å². The molecule has 0 aliphatic carbocycles. The maximum Gasteiger partial charge on any atom is 0.398 e. The minimum absolute atomic E-state index is 0.268. The summed E-state index contributed by atoms with van der Waals surface area (Å²) in [5.41, 5.74) is 1.84. The van der Waals surface area contributed by atoms with Gasteiger partial charge in [-0.2, -0.15) is 18.2 Å². The summed E-state index contributed by atoms with van der Waals surface area (Å²) in [6, 6.07) is 0. The molecule has 0 bridgehead atoms. The van der Waals surface area contributed by atoms with Gasteiger partial charge in [0.05, 0.1) is 12.9 Å². The number of fused-ring (bicyclic) bond motifs is 1. The number of nitrogens with zero attached hydrogens (tertiary/aromatic N) is 3. The van der Waals surface area contributed by atoms with Crippen LogP contribution in [0.5, 0.6) is 0 Å². The topological polar surface area (TPSA) is 139 Å². The van der Waals surface area contributed by atoms with E-state index >= 15 is 0 Å². The lowest BCUT2D eigenvalue weighted by molar-refractivity contribution is -0.210. The second kappa shape index (κ2) is 5.45. The van der Waals surface area contributed by atoms with Crippen LogP contribution in [0, 0.1) is 18.3 Å². The predicted molar refractivity (Wildman–Crippen MR) is 76.9 cm³/mol. The van der Waals surface area contributed by atoms with Crippen LogP contribution in [-0.4, -0.2) is 54.2 Å². The average molecular weight is 359 g/mol. The van der Waals surface area contributed by atoms with Crippen LogP contribution in [0.4, 0.5) is 19.1 Å². The number of terminal acetylenes is 1. The van der Waals surface area contributed by atoms with E-state index in [0.29, 0.717) is 0 Å². The van der Waals surface area contributed by atoms with Crippen LogP contribution in [0.25, 0.3) is 11.2 Å². The summed E-state index contributed by atoms with van der Waals surface area (Å²) < 4.78 is 46.5. The Kier molecular flexibility index (Phi) is 3.75. The Balaban J connectivity index is 2.21. The Morgan fingerprint density at radius 1 is 1.56 bits per heavy atom. The number of aliphatic hydroxyl groups is 2. The molecule has 0 amide bonds. The normalized spacial score (nSPS) is 29.8. The number of ether oxygens (including phenoxy) is 1. The van der Waals surface area contributed by atoms with E-state index in [0.717, 1.165) is 10.9 Å². The number of halogens is 3. The molecule has 134 valence electrons. The van der Waals surface area contributed by atoms with Crippen LogP contribution in [0.15, 0.2) is 11.1 Å². The molecule has 2 aromatic heterocycles. The molecule has 2 aromatic rings. The molecule has 0 saturated carbocycles. The molecule has 4 atom stereocenters. The van der Waals surface area contributed by atoms with E-state index in [1.165, 1.54) is 0 Å². The summed E-state index contributed by atoms with van der Waals surface area (Å²) in [5, 5.41) is 19.5. The quantitative estimate of drug-likeness (QED) is 0.511. The van der Waals surface area contributed by atoms with Gasteiger partial charge in [-0.1, -0.05) is 5.92 Å². The van der Waals surface area contributed by atoms with Crippen molar-refractivity contribution in [1.29, 1.82) is 0 Å². The lowest BCUT2D eigenvalue weighted by Gasteiger charge is -2.25. The maximum absolute atomic E-state index is 13.5. The standard InChI is InChI=1S/C13H12F3N5O4/c1-2-12(3-22)7(23)5(13(14,15)16)10(25-12)21-4-18-6-8(21)19-11(17)20-9(6)24/h1,4-5,7,10,22-23H,3H2,(H3,17,19,20,24)/t5-,7-,10+,12+/m0/s1. The van der Waals surface area contributed by atoms with Crippen LogP contribution in [-0.2, 0) is 4.74 Å². The Morgan fingerprint density at radius 2 is 2.24 bits per heavy atom. The molecule has 5 N–H and O–H groups in total. The Labute approximate surface area is 137 Å². The fraction of sp³-hybridized carbons (Fsp3) is 0.462. The highest BCUT2D eigenvalue weighted by Gasteiger charge is 2.64. The third kappa shape index (κ3) is 2.44. The number of nitrogens with two attached hydrogens (primary N) is 1. The lowest BCUT2D eigenvalue weighted by Crippen LogP contribution is -2.46. The van der Waals surface area contributed by atoms with E-state index in [-0.39, 0.29) is 17.1 Å². The molecular weight excluding hydrogens is 347 g/mol. The summed E-state index contributed by atoms with van der Waals surface area (Å²) in [4.78, 5) is 21.4. The van der Waals surface area contributed by atoms with E-state index in [9.17, 15) is 28.2 Å². The Morgan fingerprint density at radius 3 is 2.80 bits per heavy atom. The number of aromatic amines is 1. The van der Waals surface area contributed by atoms with Crippen LogP contribution >= 0.6 is 0 Å². The summed E-state index contributed by atoms with van der Waals surface area (Å²) >= 11 is 0. The van der Waals surface area contributed by atoms with E-state index in [4.69, 9.17) is 16.9 Å². The number of alkyl halides is 3. The van der Waals surface area contributed by atoms with Gasteiger partial charge in [0.15, 0.2) is 23.0 Å². The minimum Gasteiger partial charge on any atom is -0.392 e. The number of H-pyrrole nitrogens is 1. The van der Waals surface area contributed by atoms with Gasteiger partial charge in [-0.25, -0.2) is 4.98 Å². The summed E-state index contributed by atoms with van der Waals surface area (Å²) in [5.74, 6) is -0.959. The van der Waals surface area contributed by atoms with Gasteiger partial charge in [0.1, 0.15) is 12.0 Å². The molecule has 0 spiro atoms. The molecule has 1 aliphatic rings. The van der Waals surface area contributed by atoms with Crippen LogP contribution < -0.4 is 11.3 Å². The molecule has 1 fully saturated rings. The zero-order valence-corrected chi connectivity index (χ0v) is 12.4. The largest absolute Gasteiger partial charge is 0.398 e. The molecule has 9 nitrogen and oxygen atoms in total. The van der Waals surface area contributed by atoms with E-state index < -0.39 is 42.2 Å². The van der Waals surface area contributed by atoms with Crippen LogP contribution in [0.3, 0.4) is 0 Å². The number of aromatic nitrogens is 4. The first-order valence-corrected chi connectivity index (χ1v) is 6.88. The van der Waals surface area contributed by atoms with E-state index in [2.05, 4.69) is 15.0 Å². The van der Waals surface area contributed by atoms with Crippen molar-refractivity contribution in [2.45, 2.75) is 24.1 Å². The zero-order chi connectivity index (χ0) is 18.6. The van der Waals surface area contributed by atoms with Crippen molar-refractivity contribution in [2.24, 2.45) is 5.92 Å². The van der Waals surface area contributed by atoms with Gasteiger partial charge in [0.2, 0.25) is 5.95 Å². The van der Waals surface area contributed by atoms with Gasteiger partial charge >= 0.3 is 6.18 Å². The number of hydrogen-bond donors (Lipinski definition) is 4. The van der Waals surface area contributed by atoms with E-state index in [1.807, 2.05) is 5.92 Å². The smallest absolute Gasteiger partial charge is 0.392 e. The average Bonchev–Trinajstić information content (AvgIpc) is 3.06. The molecule has 1 aliphatic heterocycles. The highest BCUT2D eigenvalue weighted by Crippen LogP contribution is 2.49. The van der Waals surface area contributed by atoms with E-state index in [1.54, 1.807) is 0 Å². The highest BCUT2D eigenvalue weighted by molar-refractivity contribution is 5.70. The molecule has 0 aromatic carbocycles. The monoisotopic (exact) mass is 359 g/mol. The molecule has 0 radical (unpaired) electrons. The lowest BCUT2D eigenvalue weighted by atomic mass is 9.90. The zero-order valence-electron chi connectivity index (χ0n) is 12.4. The van der Waals surface area contributed by atoms with Gasteiger partial charge < -0.3 is 20.7 Å². The van der Waals surface area contributed by atoms with Crippen molar-refractivity contribution < 1.29 is 28.1 Å². The van der Waals surface area contributed by atoms with Gasteiger partial charge in [-0.3, -0.25) is 14.3 Å². The highest BCUT2D eigenvalue weighted by atomic mass is 19.4. The number of aliphatic hydroxyl groups excluding tert-OH is 2. The number of hydrogen-bond acceptors (Lipinski definition) is 7.